The lowest BCUT2D eigenvalue weighted by atomic mass is 9.90. The highest BCUT2D eigenvalue weighted by Crippen LogP contribution is 2.28. The van der Waals surface area contributed by atoms with Crippen molar-refractivity contribution < 1.29 is 42.9 Å². The van der Waals surface area contributed by atoms with Crippen LogP contribution >= 0.6 is 0 Å². The molecule has 1 N–H and O–H groups in total. The van der Waals surface area contributed by atoms with Crippen molar-refractivity contribution in [2.24, 2.45) is 0 Å². The van der Waals surface area contributed by atoms with Gasteiger partial charge in [-0.1, -0.05) is 24.3 Å². The van der Waals surface area contributed by atoms with Gasteiger partial charge in [0.15, 0.2) is 18.1 Å². The maximum atomic E-state index is 13.4. The van der Waals surface area contributed by atoms with Crippen molar-refractivity contribution in [3.05, 3.63) is 94.9 Å². The number of nitrogens with zero attached hydrogens (tertiary/aromatic N) is 1. The van der Waals surface area contributed by atoms with Crippen LogP contribution in [0.2, 0.25) is 0 Å². The predicted octanol–water partition coefficient (Wildman–Crippen LogP) is 1.35. The number of Topliss-reactive ketones (excluding diaryl/α,β-unsaturated/α-hetero) is 2. The van der Waals surface area contributed by atoms with Gasteiger partial charge in [-0.2, -0.15) is 4.57 Å². The molecule has 0 saturated carbocycles. The summed E-state index contributed by atoms with van der Waals surface area (Å²) >= 11 is 0. The van der Waals surface area contributed by atoms with E-state index in [1.54, 1.807) is 28.8 Å². The van der Waals surface area contributed by atoms with Crippen LogP contribution in [0.5, 0.6) is 5.75 Å². The monoisotopic (exact) mass is 526 g/mol. The summed E-state index contributed by atoms with van der Waals surface area (Å²) in [5, 5.41) is 3.19. The number of nitrogens with one attached hydrogen (secondary N) is 1. The van der Waals surface area contributed by atoms with Gasteiger partial charge in [-0.05, 0) is 51.1 Å². The quantitative estimate of drug-likeness (QED) is 0.403. The van der Waals surface area contributed by atoms with Crippen LogP contribution in [-0.4, -0.2) is 18.2 Å². The number of carbonyl (C=O) groups excluding carboxylic acids is 2. The number of carbonyl (C=O) groups is 2. The van der Waals surface area contributed by atoms with Gasteiger partial charge in [0.1, 0.15) is 5.75 Å². The maximum absolute atomic E-state index is 13.4. The van der Waals surface area contributed by atoms with Crippen LogP contribution < -0.4 is 38.6 Å². The second-order valence-corrected chi connectivity index (χ2v) is 7.31. The molecule has 0 spiro atoms. The number of benzene rings is 2. The third-order valence-corrected chi connectivity index (χ3v) is 4.93. The summed E-state index contributed by atoms with van der Waals surface area (Å²) in [6.07, 6.45) is 3.72. The molecule has 1 heterocycles. The molecule has 0 fully saturated rings. The Hall–Kier alpha value is -3.00. The molecule has 0 unspecified atom stereocenters. The Morgan fingerprint density at radius 1 is 0.871 bits per heavy atom. The molecule has 158 valence electrons. The number of anilines is 1. The van der Waals surface area contributed by atoms with Crippen molar-refractivity contribution in [1.82, 2.24) is 0 Å². The molecule has 1 aromatic heterocycles. The van der Waals surface area contributed by atoms with Crippen molar-refractivity contribution in [2.75, 3.05) is 11.9 Å². The van der Waals surface area contributed by atoms with Crippen LogP contribution in [0.3, 0.4) is 0 Å². The Bertz CT molecular complexity index is 1160. The van der Waals surface area contributed by atoms with E-state index in [0.717, 1.165) is 16.9 Å². The van der Waals surface area contributed by atoms with E-state index in [4.69, 9.17) is 4.74 Å². The maximum Gasteiger partial charge on any atom is 0.286 e. The molecular formula is C25H23IN2O3. The topological polar surface area (TPSA) is 59.3 Å². The van der Waals surface area contributed by atoms with Gasteiger partial charge < -0.3 is 34.0 Å². The fourth-order valence-electron chi connectivity index (χ4n) is 3.71. The van der Waals surface area contributed by atoms with Gasteiger partial charge in [0.05, 0.1) is 6.61 Å². The number of aromatic nitrogens is 1. The van der Waals surface area contributed by atoms with E-state index in [-0.39, 0.29) is 41.2 Å². The van der Waals surface area contributed by atoms with Crippen molar-refractivity contribution in [3.8, 4) is 5.75 Å². The average Bonchev–Trinajstić information content (AvgIpc) is 2.73. The van der Waals surface area contributed by atoms with E-state index in [2.05, 4.69) is 5.32 Å². The fraction of sp³-hybridized carbons (Fsp3) is 0.160. The summed E-state index contributed by atoms with van der Waals surface area (Å²) in [4.78, 5) is 26.8. The Balaban J connectivity index is 0.00000272. The smallest absolute Gasteiger partial charge is 0.286 e. The zero-order chi connectivity index (χ0) is 21.3. The van der Waals surface area contributed by atoms with Crippen LogP contribution in [0, 0.1) is 13.8 Å². The molecule has 0 atom stereocenters. The minimum atomic E-state index is -0.208. The Kier molecular flexibility index (Phi) is 6.90. The fourth-order valence-corrected chi connectivity index (χ4v) is 3.71. The predicted molar refractivity (Wildman–Crippen MR) is 116 cm³/mol. The first-order valence-electron chi connectivity index (χ1n) is 9.90. The van der Waals surface area contributed by atoms with Gasteiger partial charge in [-0.15, -0.1) is 0 Å². The standard InChI is InChI=1S/C25H22N2O3.HI/c1-4-30-19-11-9-18(10-12-19)26-22-23(27-14-16(2)13-17(3)15-27)25(29)21-8-6-5-7-20(21)24(22)28;/h5-15H,4H2,1-3H3;1H. The van der Waals surface area contributed by atoms with Crippen molar-refractivity contribution in [2.45, 2.75) is 20.8 Å². The van der Waals surface area contributed by atoms with Gasteiger partial charge in [0, 0.05) is 27.9 Å². The molecule has 4 rings (SSSR count). The first-order valence-corrected chi connectivity index (χ1v) is 9.90. The highest BCUT2D eigenvalue weighted by Gasteiger charge is 2.38. The summed E-state index contributed by atoms with van der Waals surface area (Å²) in [6, 6.07) is 16.3. The number of allylic oxidation sites excluding steroid dienone is 2. The van der Waals surface area contributed by atoms with Crippen LogP contribution in [0.1, 0.15) is 38.8 Å². The third kappa shape index (κ3) is 4.54. The summed E-state index contributed by atoms with van der Waals surface area (Å²) < 4.78 is 7.24. The first kappa shape index (κ1) is 22.7. The molecule has 0 bridgehead atoms. The lowest BCUT2D eigenvalue weighted by Crippen LogP contribution is -3.00. The van der Waals surface area contributed by atoms with E-state index >= 15 is 0 Å². The molecule has 0 radical (unpaired) electrons. The molecule has 1 aliphatic rings. The molecule has 3 aromatic rings. The third-order valence-electron chi connectivity index (χ3n) is 4.93. The summed E-state index contributed by atoms with van der Waals surface area (Å²) in [6.45, 7) is 6.43. The number of rotatable bonds is 5. The molecule has 1 aliphatic carbocycles. The number of ether oxygens (including phenoxy) is 1. The van der Waals surface area contributed by atoms with Gasteiger partial charge in [-0.25, -0.2) is 0 Å². The van der Waals surface area contributed by atoms with Crippen LogP contribution in [0.15, 0.2) is 72.7 Å². The summed E-state index contributed by atoms with van der Waals surface area (Å²) in [7, 11) is 0. The molecule has 0 aliphatic heterocycles. The van der Waals surface area contributed by atoms with Crippen molar-refractivity contribution in [3.63, 3.8) is 0 Å². The Morgan fingerprint density at radius 3 is 2.03 bits per heavy atom. The normalized spacial score (nSPS) is 12.9. The summed E-state index contributed by atoms with van der Waals surface area (Å²) in [5.74, 6) is 0.353. The number of fused-ring (bicyclic) bond motifs is 1. The number of hydrogen-bond donors (Lipinski definition) is 1. The zero-order valence-electron chi connectivity index (χ0n) is 17.6. The average molecular weight is 526 g/mol. The molecule has 0 amide bonds. The Labute approximate surface area is 198 Å². The minimum absolute atomic E-state index is 0. The van der Waals surface area contributed by atoms with Gasteiger partial charge in [-0.3, -0.25) is 9.59 Å². The molecule has 2 aromatic carbocycles. The molecule has 31 heavy (non-hydrogen) atoms. The van der Waals surface area contributed by atoms with Crippen LogP contribution in [0.4, 0.5) is 5.69 Å². The number of pyridine rings is 1. The van der Waals surface area contributed by atoms with Crippen LogP contribution in [0.25, 0.3) is 5.70 Å². The zero-order valence-corrected chi connectivity index (χ0v) is 19.8. The van der Waals surface area contributed by atoms with Gasteiger partial charge in [0.2, 0.25) is 5.78 Å². The molecule has 0 saturated heterocycles. The number of ketones is 2. The second kappa shape index (κ2) is 9.43. The summed E-state index contributed by atoms with van der Waals surface area (Å²) in [5.41, 5.74) is 4.11. The van der Waals surface area contributed by atoms with E-state index in [9.17, 15) is 9.59 Å². The van der Waals surface area contributed by atoms with E-state index in [1.807, 2.05) is 63.5 Å². The molecular weight excluding hydrogens is 503 g/mol. The van der Waals surface area contributed by atoms with Crippen molar-refractivity contribution >= 4 is 23.0 Å². The number of hydrogen-bond acceptors (Lipinski definition) is 4. The Morgan fingerprint density at radius 2 is 1.45 bits per heavy atom. The van der Waals surface area contributed by atoms with E-state index in [0.29, 0.717) is 29.1 Å². The van der Waals surface area contributed by atoms with E-state index < -0.39 is 0 Å². The van der Waals surface area contributed by atoms with Crippen LogP contribution in [-0.2, 0) is 0 Å². The number of halogens is 1. The van der Waals surface area contributed by atoms with Gasteiger partial charge in [0.25, 0.3) is 11.5 Å². The van der Waals surface area contributed by atoms with Gasteiger partial charge >= 0.3 is 0 Å². The van der Waals surface area contributed by atoms with E-state index in [1.165, 1.54) is 0 Å². The minimum Gasteiger partial charge on any atom is -1.00 e. The molecule has 5 nitrogen and oxygen atoms in total. The lowest BCUT2D eigenvalue weighted by molar-refractivity contribution is -0.578. The largest absolute Gasteiger partial charge is 1.00 e. The number of aryl methyl sites for hydroxylation is 2. The molecule has 6 heteroatoms. The SMILES string of the molecule is CCOc1ccc(NC2=C([n+]3cc(C)cc(C)c3)C(=O)c3ccccc3C2=O)cc1.[I-]. The second-order valence-electron chi connectivity index (χ2n) is 7.31. The first-order chi connectivity index (χ1) is 14.5. The highest BCUT2D eigenvalue weighted by molar-refractivity contribution is 6.36. The van der Waals surface area contributed by atoms with Crippen molar-refractivity contribution in [1.29, 1.82) is 0 Å². The highest BCUT2D eigenvalue weighted by atomic mass is 127. The lowest BCUT2D eigenvalue weighted by Gasteiger charge is -2.19.